The second-order valence-electron chi connectivity index (χ2n) is 6.02. The van der Waals surface area contributed by atoms with Crippen LogP contribution >= 0.6 is 0 Å². The van der Waals surface area contributed by atoms with E-state index in [0.29, 0.717) is 29.4 Å². The molecule has 0 spiro atoms. The predicted molar refractivity (Wildman–Crippen MR) is 69.1 cm³/mol. The number of Topliss-reactive ketones (excluding diaryl/α,β-unsaturated/α-hetero) is 1. The van der Waals surface area contributed by atoms with E-state index in [9.17, 15) is 14.7 Å². The second kappa shape index (κ2) is 4.38. The molecule has 1 fully saturated rings. The maximum absolute atomic E-state index is 11.8. The molecule has 2 aliphatic carbocycles. The van der Waals surface area contributed by atoms with Crippen molar-refractivity contribution in [3.63, 3.8) is 0 Å². The van der Waals surface area contributed by atoms with E-state index >= 15 is 0 Å². The highest BCUT2D eigenvalue weighted by Crippen LogP contribution is 2.61. The maximum atomic E-state index is 11.8. The van der Waals surface area contributed by atoms with E-state index < -0.39 is 5.97 Å². The van der Waals surface area contributed by atoms with E-state index in [-0.39, 0.29) is 17.6 Å². The Bertz CT molecular complexity index is 443. The lowest BCUT2D eigenvalue weighted by Crippen LogP contribution is -2.08. The number of carboxylic acids is 1. The van der Waals surface area contributed by atoms with Crippen molar-refractivity contribution < 1.29 is 14.7 Å². The van der Waals surface area contributed by atoms with E-state index in [1.165, 1.54) is 0 Å². The van der Waals surface area contributed by atoms with Crippen molar-refractivity contribution in [1.29, 1.82) is 0 Å². The standard InChI is InChI=1S/C15H20O3/c1-9-4-6-11-12(15(11,2)3)8-10(14(17)18)5-7-13(9)16/h8,11-12H,1,4-7H2,2-3H3,(H,17,18)/b10-8-/t11-,12+/m1/s1. The molecule has 3 heteroatoms. The molecule has 0 unspecified atom stereocenters. The van der Waals surface area contributed by atoms with Crippen LogP contribution in [0, 0.1) is 17.3 Å². The van der Waals surface area contributed by atoms with Crippen molar-refractivity contribution in [3.05, 3.63) is 23.8 Å². The molecule has 0 aromatic rings. The van der Waals surface area contributed by atoms with Gasteiger partial charge in [0.25, 0.3) is 0 Å². The minimum atomic E-state index is -0.893. The summed E-state index contributed by atoms with van der Waals surface area (Å²) in [7, 11) is 0. The van der Waals surface area contributed by atoms with Crippen molar-refractivity contribution in [1.82, 2.24) is 0 Å². The van der Waals surface area contributed by atoms with Gasteiger partial charge in [0.1, 0.15) is 0 Å². The molecule has 0 saturated heterocycles. The zero-order chi connectivity index (χ0) is 13.5. The van der Waals surface area contributed by atoms with Crippen LogP contribution in [-0.2, 0) is 9.59 Å². The molecule has 1 saturated carbocycles. The number of hydrogen-bond acceptors (Lipinski definition) is 2. The molecule has 0 aromatic heterocycles. The lowest BCUT2D eigenvalue weighted by molar-refractivity contribution is -0.132. The Labute approximate surface area is 108 Å². The summed E-state index contributed by atoms with van der Waals surface area (Å²) in [5, 5.41) is 9.17. The van der Waals surface area contributed by atoms with Gasteiger partial charge in [-0.05, 0) is 42.1 Å². The summed E-state index contributed by atoms with van der Waals surface area (Å²) in [6.07, 6.45) is 4.17. The number of ketones is 1. The number of hydrogen-bond donors (Lipinski definition) is 1. The molecular formula is C15H20O3. The third kappa shape index (κ3) is 2.26. The third-order valence-corrected chi connectivity index (χ3v) is 4.57. The summed E-state index contributed by atoms with van der Waals surface area (Å²) in [4.78, 5) is 22.9. The molecule has 0 aliphatic heterocycles. The SMILES string of the molecule is C=C1CC[C@@H]2[C@H](/C=C(\C(=O)O)CCC1=O)C2(C)C. The van der Waals surface area contributed by atoms with E-state index in [1.54, 1.807) is 0 Å². The molecule has 0 bridgehead atoms. The first-order chi connectivity index (χ1) is 8.34. The minimum Gasteiger partial charge on any atom is -0.478 e. The van der Waals surface area contributed by atoms with Gasteiger partial charge in [0.05, 0.1) is 0 Å². The Morgan fingerprint density at radius 1 is 1.39 bits per heavy atom. The van der Waals surface area contributed by atoms with Crippen LogP contribution in [0.25, 0.3) is 0 Å². The van der Waals surface area contributed by atoms with Gasteiger partial charge >= 0.3 is 5.97 Å². The highest BCUT2D eigenvalue weighted by molar-refractivity contribution is 5.96. The molecule has 0 aromatic carbocycles. The molecule has 0 heterocycles. The molecule has 2 atom stereocenters. The molecule has 0 amide bonds. The Kier molecular flexibility index (Phi) is 3.18. The molecule has 2 rings (SSSR count). The molecule has 0 radical (unpaired) electrons. The number of allylic oxidation sites excluding steroid dienone is 2. The average Bonchev–Trinajstić information content (AvgIpc) is 2.80. The monoisotopic (exact) mass is 248 g/mol. The highest BCUT2D eigenvalue weighted by Gasteiger charge is 2.55. The second-order valence-corrected chi connectivity index (χ2v) is 6.02. The zero-order valence-corrected chi connectivity index (χ0v) is 11.0. The van der Waals surface area contributed by atoms with Gasteiger partial charge in [-0.1, -0.05) is 26.5 Å². The number of aliphatic carboxylic acids is 1. The van der Waals surface area contributed by atoms with Crippen LogP contribution in [0.3, 0.4) is 0 Å². The fraction of sp³-hybridized carbons (Fsp3) is 0.600. The van der Waals surface area contributed by atoms with Crippen LogP contribution in [-0.4, -0.2) is 16.9 Å². The van der Waals surface area contributed by atoms with Crippen LogP contribution in [0.2, 0.25) is 0 Å². The number of rotatable bonds is 1. The van der Waals surface area contributed by atoms with Crippen molar-refractivity contribution in [2.75, 3.05) is 0 Å². The van der Waals surface area contributed by atoms with Gasteiger partial charge in [-0.2, -0.15) is 0 Å². The summed E-state index contributed by atoms with van der Waals surface area (Å²) >= 11 is 0. The fourth-order valence-electron chi connectivity index (χ4n) is 3.04. The first-order valence-corrected chi connectivity index (χ1v) is 6.49. The Balaban J connectivity index is 2.25. The number of carbonyl (C=O) groups excluding carboxylic acids is 1. The van der Waals surface area contributed by atoms with Crippen LogP contribution in [0.1, 0.15) is 39.5 Å². The van der Waals surface area contributed by atoms with Gasteiger partial charge in [-0.15, -0.1) is 0 Å². The number of carbonyl (C=O) groups is 2. The van der Waals surface area contributed by atoms with Gasteiger partial charge in [-0.25, -0.2) is 4.79 Å². The average molecular weight is 248 g/mol. The van der Waals surface area contributed by atoms with Crippen LogP contribution in [0.15, 0.2) is 23.8 Å². The fourth-order valence-corrected chi connectivity index (χ4v) is 3.04. The minimum absolute atomic E-state index is 0.0130. The van der Waals surface area contributed by atoms with Crippen LogP contribution < -0.4 is 0 Å². The normalized spacial score (nSPS) is 34.2. The zero-order valence-electron chi connectivity index (χ0n) is 11.0. The van der Waals surface area contributed by atoms with E-state index in [2.05, 4.69) is 20.4 Å². The van der Waals surface area contributed by atoms with E-state index in [4.69, 9.17) is 0 Å². The molecule has 98 valence electrons. The van der Waals surface area contributed by atoms with Gasteiger partial charge in [0.15, 0.2) is 5.78 Å². The molecule has 18 heavy (non-hydrogen) atoms. The Morgan fingerprint density at radius 3 is 2.67 bits per heavy atom. The van der Waals surface area contributed by atoms with Crippen molar-refractivity contribution in [2.45, 2.75) is 39.5 Å². The summed E-state index contributed by atoms with van der Waals surface area (Å²) in [5.74, 6) is -0.0615. The topological polar surface area (TPSA) is 54.4 Å². The maximum Gasteiger partial charge on any atom is 0.331 e. The Morgan fingerprint density at radius 2 is 2.06 bits per heavy atom. The van der Waals surface area contributed by atoms with Gasteiger partial charge in [0.2, 0.25) is 0 Å². The molecule has 3 nitrogen and oxygen atoms in total. The van der Waals surface area contributed by atoms with Crippen LogP contribution in [0.5, 0.6) is 0 Å². The third-order valence-electron chi connectivity index (χ3n) is 4.57. The quantitative estimate of drug-likeness (QED) is 0.726. The largest absolute Gasteiger partial charge is 0.478 e. The molecule has 1 N–H and O–H groups in total. The van der Waals surface area contributed by atoms with Gasteiger partial charge < -0.3 is 5.11 Å². The summed E-state index contributed by atoms with van der Waals surface area (Å²) < 4.78 is 0. The first-order valence-electron chi connectivity index (χ1n) is 6.49. The van der Waals surface area contributed by atoms with Crippen molar-refractivity contribution >= 4 is 11.8 Å². The molecular weight excluding hydrogens is 228 g/mol. The van der Waals surface area contributed by atoms with Crippen LogP contribution in [0.4, 0.5) is 0 Å². The number of fused-ring (bicyclic) bond motifs is 1. The van der Waals surface area contributed by atoms with Crippen molar-refractivity contribution in [3.8, 4) is 0 Å². The Hall–Kier alpha value is -1.38. The number of carboxylic acid groups (broad SMARTS) is 1. The first kappa shape index (κ1) is 13.1. The lowest BCUT2D eigenvalue weighted by Gasteiger charge is -2.08. The summed E-state index contributed by atoms with van der Waals surface area (Å²) in [6.45, 7) is 8.16. The summed E-state index contributed by atoms with van der Waals surface area (Å²) in [5.41, 5.74) is 1.20. The lowest BCUT2D eigenvalue weighted by atomic mass is 9.96. The van der Waals surface area contributed by atoms with E-state index in [0.717, 1.165) is 12.8 Å². The molecule has 2 aliphatic rings. The summed E-state index contributed by atoms with van der Waals surface area (Å²) in [6, 6.07) is 0. The van der Waals surface area contributed by atoms with E-state index in [1.807, 2.05) is 6.08 Å². The van der Waals surface area contributed by atoms with Crippen molar-refractivity contribution in [2.24, 2.45) is 17.3 Å². The smallest absolute Gasteiger partial charge is 0.331 e. The van der Waals surface area contributed by atoms with Gasteiger partial charge in [-0.3, -0.25) is 4.79 Å². The van der Waals surface area contributed by atoms with Gasteiger partial charge in [0, 0.05) is 12.0 Å². The highest BCUT2D eigenvalue weighted by atomic mass is 16.4. The predicted octanol–water partition coefficient (Wildman–Crippen LogP) is 2.97.